The Morgan fingerprint density at radius 1 is 0.468 bits per heavy atom. The summed E-state index contributed by atoms with van der Waals surface area (Å²) in [6, 6.07) is 22.1. The van der Waals surface area contributed by atoms with E-state index >= 15 is 0 Å². The molecule has 40 heteroatoms. The van der Waals surface area contributed by atoms with Crippen LogP contribution in [-0.2, 0) is 61.5 Å². The van der Waals surface area contributed by atoms with Crippen molar-refractivity contribution in [3.63, 3.8) is 0 Å². The number of aliphatic hydroxyl groups is 2. The third-order valence-corrected chi connectivity index (χ3v) is 22.0. The second-order valence-corrected chi connectivity index (χ2v) is 32.2. The zero-order chi connectivity index (χ0) is 80.3. The largest absolute Gasteiger partial charge is 0.465 e. The van der Waals surface area contributed by atoms with Gasteiger partial charge in [0, 0.05) is 70.0 Å². The van der Waals surface area contributed by atoms with Crippen molar-refractivity contribution < 1.29 is 93.4 Å². The van der Waals surface area contributed by atoms with Crippen LogP contribution in [0.2, 0.25) is 0 Å². The number of fused-ring (bicyclic) bond motifs is 3. The van der Waals surface area contributed by atoms with Gasteiger partial charge in [-0.25, -0.2) is 98.7 Å². The summed E-state index contributed by atoms with van der Waals surface area (Å²) < 4.78 is 202. The number of aromatic amines is 3. The summed E-state index contributed by atoms with van der Waals surface area (Å²) in [4.78, 5) is 66.7. The Labute approximate surface area is 624 Å². The summed E-state index contributed by atoms with van der Waals surface area (Å²) in [6.07, 6.45) is 14.9. The van der Waals surface area contributed by atoms with Gasteiger partial charge in [0.1, 0.15) is 42.0 Å². The number of anilines is 5. The zero-order valence-electron chi connectivity index (χ0n) is 59.1. The van der Waals surface area contributed by atoms with E-state index in [-0.39, 0.29) is 90.6 Å². The molecule has 6 aromatic heterocycles. The molecule has 0 bridgehead atoms. The molecule has 584 valence electrons. The van der Waals surface area contributed by atoms with Gasteiger partial charge in [-0.05, 0) is 86.7 Å². The van der Waals surface area contributed by atoms with E-state index in [2.05, 4.69) is 73.2 Å². The van der Waals surface area contributed by atoms with Crippen molar-refractivity contribution in [2.75, 3.05) is 59.5 Å². The maximum atomic E-state index is 14.8. The summed E-state index contributed by atoms with van der Waals surface area (Å²) in [5.74, 6) is -6.21. The first-order valence-electron chi connectivity index (χ1n) is 32.8. The molecule has 0 spiro atoms. The van der Waals surface area contributed by atoms with Gasteiger partial charge in [-0.15, -0.1) is 0 Å². The number of aldehydes is 1. The van der Waals surface area contributed by atoms with Gasteiger partial charge in [0.2, 0.25) is 50.1 Å². The number of halogens is 5. The van der Waals surface area contributed by atoms with Gasteiger partial charge >= 0.3 is 5.97 Å². The minimum Gasteiger partial charge on any atom is -0.465 e. The smallest absolute Gasteiger partial charge is 0.340 e. The van der Waals surface area contributed by atoms with Crippen molar-refractivity contribution in [3.8, 4) is 0 Å². The molecule has 1 atom stereocenters. The fourth-order valence-electron chi connectivity index (χ4n) is 9.70. The SMILES string of the molecule is CCCS(=O)(=O)Nc1cccc(C(=O)OC)c1F.CCCS(=O)(=O)Nc1cccc(C(=O)c2c[nH]c3ncncc23)c1F.CCCS(=O)(=O)Nc1cccc(C(O)c2c[nH]c3ncncc23)c1F.CCCS(=O)(=O)Nc1cccc(C=O)c1F.CCCS(=O)(=O)Nc1cccc(CO)c1F.c1ncc2cc[nH]c2n1. The Balaban J connectivity index is 0.000000209. The van der Waals surface area contributed by atoms with E-state index in [1.165, 1.54) is 135 Å². The first kappa shape index (κ1) is 87.0. The minimum absolute atomic E-state index is 0.0403. The number of ether oxygens (including phenoxy) is 1. The number of rotatable bonds is 27. The van der Waals surface area contributed by atoms with Gasteiger partial charge < -0.3 is 29.9 Å². The van der Waals surface area contributed by atoms with Gasteiger partial charge in [0.05, 0.1) is 93.2 Å². The van der Waals surface area contributed by atoms with Crippen LogP contribution in [-0.4, -0.2) is 151 Å². The second kappa shape index (κ2) is 40.3. The number of ketones is 1. The molecule has 0 saturated heterocycles. The summed E-state index contributed by atoms with van der Waals surface area (Å²) in [6.45, 7) is 8.08. The number of hydrogen-bond acceptors (Lipinski definition) is 22. The number of methoxy groups -OCH3 is 1. The van der Waals surface area contributed by atoms with Crippen LogP contribution in [0.5, 0.6) is 0 Å². The lowest BCUT2D eigenvalue weighted by Crippen LogP contribution is -2.18. The predicted molar refractivity (Wildman–Crippen MR) is 402 cm³/mol. The number of carbonyl (C=O) groups excluding carboxylic acids is 3. The van der Waals surface area contributed by atoms with Gasteiger partial charge in [0.15, 0.2) is 41.2 Å². The molecule has 0 saturated carbocycles. The number of H-pyrrole nitrogens is 3. The number of esters is 1. The fraction of sp³-hybridized carbons (Fsp3) is 0.261. The molecular formula is C69H77F5N14O16S5. The summed E-state index contributed by atoms with van der Waals surface area (Å²) in [5, 5.41) is 21.5. The van der Waals surface area contributed by atoms with E-state index in [1.807, 2.05) is 12.3 Å². The molecule has 0 radical (unpaired) electrons. The van der Waals surface area contributed by atoms with Gasteiger partial charge in [-0.2, -0.15) is 0 Å². The fourth-order valence-corrected chi connectivity index (χ4v) is 15.4. The monoisotopic (exact) mass is 1610 g/mol. The highest BCUT2D eigenvalue weighted by atomic mass is 32.2. The van der Waals surface area contributed by atoms with Crippen molar-refractivity contribution in [2.45, 2.75) is 79.4 Å². The molecule has 0 amide bonds. The molecule has 6 heterocycles. The lowest BCUT2D eigenvalue weighted by Gasteiger charge is -2.15. The number of nitrogens with zero attached hydrogens (tertiary/aromatic N) is 6. The average Bonchev–Trinajstić information content (AvgIpc) is 1.70. The molecule has 11 aromatic rings. The van der Waals surface area contributed by atoms with Crippen LogP contribution >= 0.6 is 0 Å². The summed E-state index contributed by atoms with van der Waals surface area (Å²) >= 11 is 0. The molecule has 109 heavy (non-hydrogen) atoms. The second-order valence-electron chi connectivity index (χ2n) is 23.0. The lowest BCUT2D eigenvalue weighted by molar-refractivity contribution is 0.0595. The Hall–Kier alpha value is -10.9. The first-order valence-corrected chi connectivity index (χ1v) is 41.1. The number of sulfonamides is 5. The van der Waals surface area contributed by atoms with Gasteiger partial charge in [-0.3, -0.25) is 33.2 Å². The Morgan fingerprint density at radius 3 is 1.35 bits per heavy atom. The average molecular weight is 1610 g/mol. The molecule has 5 aromatic carbocycles. The van der Waals surface area contributed by atoms with Crippen LogP contribution in [0.15, 0.2) is 153 Å². The van der Waals surface area contributed by atoms with Crippen LogP contribution in [0.25, 0.3) is 33.1 Å². The minimum atomic E-state index is -3.67. The number of carbonyl (C=O) groups is 3. The molecule has 1 unspecified atom stereocenters. The predicted octanol–water partition coefficient (Wildman–Crippen LogP) is 10.8. The Bertz CT molecular complexity index is 5520. The number of hydrogen-bond donors (Lipinski definition) is 10. The van der Waals surface area contributed by atoms with Crippen molar-refractivity contribution in [3.05, 3.63) is 221 Å². The number of benzene rings is 5. The van der Waals surface area contributed by atoms with E-state index in [4.69, 9.17) is 5.11 Å². The van der Waals surface area contributed by atoms with Crippen LogP contribution in [0.3, 0.4) is 0 Å². The standard InChI is InChI=1S/C16H17FN4O3S.C16H15FN4O3S.C11H14FNO4S.C10H14FNO3S.C10H12FNO3S.C6H5N3/c2*1-2-6-25(23,24)21-13-5-3-4-10(14(13)17)15(22)11-8-19-16-12(11)7-18-9-20-16;1-3-7-18(15,16)13-9-6-4-5-8(10(9)12)11(14)17-2;2*1-2-6-16(14,15)12-9-5-3-4-8(7-13)10(9)11;1-2-8-6-5(1)3-7-4-9-6/h3-5,7-9,15,21-22H,2,6H2,1H3,(H,18,19,20);3-5,7-9,21H,2,6H2,1H3,(H,18,19,20);4-6,13H,3,7H2,1-2H3;3-5,12-13H,2,6-7H2,1H3;3-5,7,12H,2,6H2,1H3;1-4H,(H,7,8,9). The topological polar surface area (TPSA) is 456 Å². The molecule has 0 aliphatic rings. The summed E-state index contributed by atoms with van der Waals surface area (Å²) in [5.41, 5.74) is 0.769. The van der Waals surface area contributed by atoms with E-state index in [0.717, 1.165) is 18.1 Å². The van der Waals surface area contributed by atoms with Crippen LogP contribution in [0.1, 0.15) is 126 Å². The normalized spacial score (nSPS) is 11.6. The molecule has 0 aliphatic carbocycles. The maximum Gasteiger partial charge on any atom is 0.340 e. The lowest BCUT2D eigenvalue weighted by atomic mass is 10.0. The van der Waals surface area contributed by atoms with E-state index in [9.17, 15) is 83.5 Å². The van der Waals surface area contributed by atoms with Crippen LogP contribution in [0, 0.1) is 29.1 Å². The quantitative estimate of drug-likeness (QED) is 0.00989. The molecule has 10 N–H and O–H groups in total. The number of aromatic nitrogens is 9. The van der Waals surface area contributed by atoms with E-state index < -0.39 is 104 Å². The third-order valence-electron chi connectivity index (χ3n) is 14.6. The molecular weight excluding hydrogens is 1540 g/mol. The molecule has 11 rings (SSSR count). The van der Waals surface area contributed by atoms with E-state index in [1.54, 1.807) is 40.8 Å². The van der Waals surface area contributed by atoms with Crippen molar-refractivity contribution in [1.29, 1.82) is 0 Å². The molecule has 30 nitrogen and oxygen atoms in total. The van der Waals surface area contributed by atoms with Gasteiger partial charge in [0.25, 0.3) is 0 Å². The van der Waals surface area contributed by atoms with Crippen LogP contribution < -0.4 is 23.6 Å². The Kier molecular flexibility index (Phi) is 32.2. The van der Waals surface area contributed by atoms with Crippen molar-refractivity contribution in [1.82, 2.24) is 44.9 Å². The van der Waals surface area contributed by atoms with Crippen molar-refractivity contribution in [2.24, 2.45) is 0 Å². The molecule has 0 fully saturated rings. The highest BCUT2D eigenvalue weighted by molar-refractivity contribution is 7.93. The van der Waals surface area contributed by atoms with E-state index in [0.29, 0.717) is 66.0 Å². The third kappa shape index (κ3) is 25.1. The molecule has 0 aliphatic heterocycles. The highest BCUT2D eigenvalue weighted by Crippen LogP contribution is 2.33. The van der Waals surface area contributed by atoms with Crippen LogP contribution in [0.4, 0.5) is 50.4 Å². The summed E-state index contributed by atoms with van der Waals surface area (Å²) in [7, 11) is -16.8. The number of aliphatic hydroxyl groups excluding tert-OH is 2. The maximum absolute atomic E-state index is 14.8. The zero-order valence-corrected chi connectivity index (χ0v) is 63.2. The van der Waals surface area contributed by atoms with Gasteiger partial charge in [-0.1, -0.05) is 77.1 Å². The highest BCUT2D eigenvalue weighted by Gasteiger charge is 2.26. The number of nitrogens with one attached hydrogen (secondary N) is 8. The van der Waals surface area contributed by atoms with Crippen molar-refractivity contribution >= 4 is 130 Å². The Morgan fingerprint density at radius 2 is 0.872 bits per heavy atom. The first-order chi connectivity index (χ1) is 51.7.